The van der Waals surface area contributed by atoms with Gasteiger partial charge in [-0.1, -0.05) is 38.6 Å². The first-order valence-corrected chi connectivity index (χ1v) is 5.75. The molecule has 3 heteroatoms. The number of amides is 2. The third-order valence-electron chi connectivity index (χ3n) is 2.49. The minimum Gasteiger partial charge on any atom is -0.312 e. The fraction of sp³-hybridized carbons (Fsp3) is 0.357. The molecule has 0 saturated heterocycles. The molecule has 3 nitrogen and oxygen atoms in total. The molecule has 0 bridgehead atoms. The van der Waals surface area contributed by atoms with Crippen LogP contribution in [0.2, 0.25) is 0 Å². The van der Waals surface area contributed by atoms with Crippen LogP contribution in [0.5, 0.6) is 0 Å². The molecule has 1 aromatic rings. The molecule has 0 heterocycles. The molecule has 1 aromatic carbocycles. The Morgan fingerprint density at radius 1 is 1.35 bits per heavy atom. The molecule has 0 aliphatic rings. The van der Waals surface area contributed by atoms with Crippen LogP contribution in [0, 0.1) is 6.92 Å². The van der Waals surface area contributed by atoms with E-state index in [1.54, 1.807) is 6.92 Å². The van der Waals surface area contributed by atoms with Gasteiger partial charge < -0.3 is 10.6 Å². The molecule has 92 valence electrons. The van der Waals surface area contributed by atoms with Gasteiger partial charge in [0.1, 0.15) is 0 Å². The SMILES string of the molecule is C=C(C)NC(=O)Nc1c(C)cccc1C(C)C. The summed E-state index contributed by atoms with van der Waals surface area (Å²) in [5.74, 6) is 0.370. The average molecular weight is 232 g/mol. The summed E-state index contributed by atoms with van der Waals surface area (Å²) in [5, 5.41) is 5.52. The standard InChI is InChI=1S/C14H20N2O/c1-9(2)12-8-6-7-11(5)13(12)16-14(17)15-10(3)4/h6-9H,3H2,1-2,4-5H3,(H2,15,16,17). The Morgan fingerprint density at radius 2 is 2.00 bits per heavy atom. The summed E-state index contributed by atoms with van der Waals surface area (Å²) >= 11 is 0. The molecular formula is C14H20N2O. The lowest BCUT2D eigenvalue weighted by Gasteiger charge is -2.16. The number of hydrogen-bond acceptors (Lipinski definition) is 1. The third-order valence-corrected chi connectivity index (χ3v) is 2.49. The Kier molecular flexibility index (Phi) is 4.32. The molecule has 17 heavy (non-hydrogen) atoms. The van der Waals surface area contributed by atoms with Crippen molar-refractivity contribution >= 4 is 11.7 Å². The highest BCUT2D eigenvalue weighted by Gasteiger charge is 2.11. The number of anilines is 1. The molecule has 1 rings (SSSR count). The maximum atomic E-state index is 11.7. The van der Waals surface area contributed by atoms with E-state index in [4.69, 9.17) is 0 Å². The molecule has 2 amide bonds. The van der Waals surface area contributed by atoms with Gasteiger partial charge in [0.2, 0.25) is 0 Å². The molecular weight excluding hydrogens is 212 g/mol. The Morgan fingerprint density at radius 3 is 2.53 bits per heavy atom. The van der Waals surface area contributed by atoms with Crippen molar-refractivity contribution in [3.8, 4) is 0 Å². The first kappa shape index (κ1) is 13.3. The van der Waals surface area contributed by atoms with E-state index in [1.165, 1.54) is 0 Å². The number of carbonyl (C=O) groups excluding carboxylic acids is 1. The highest BCUT2D eigenvalue weighted by atomic mass is 16.2. The van der Waals surface area contributed by atoms with E-state index in [2.05, 4.69) is 31.1 Å². The van der Waals surface area contributed by atoms with Crippen molar-refractivity contribution in [2.75, 3.05) is 5.32 Å². The number of para-hydroxylation sites is 1. The lowest BCUT2D eigenvalue weighted by molar-refractivity contribution is 0.254. The molecule has 0 aromatic heterocycles. The minimum atomic E-state index is -0.242. The molecule has 0 fully saturated rings. The van der Waals surface area contributed by atoms with Gasteiger partial charge in [-0.2, -0.15) is 0 Å². The monoisotopic (exact) mass is 232 g/mol. The summed E-state index contributed by atoms with van der Waals surface area (Å²) < 4.78 is 0. The van der Waals surface area contributed by atoms with Crippen molar-refractivity contribution in [1.82, 2.24) is 5.32 Å². The number of hydrogen-bond donors (Lipinski definition) is 2. The van der Waals surface area contributed by atoms with E-state index < -0.39 is 0 Å². The maximum Gasteiger partial charge on any atom is 0.323 e. The van der Waals surface area contributed by atoms with Crippen LogP contribution in [0.4, 0.5) is 10.5 Å². The van der Waals surface area contributed by atoms with Gasteiger partial charge in [-0.3, -0.25) is 0 Å². The van der Waals surface area contributed by atoms with E-state index in [1.807, 2.05) is 25.1 Å². The summed E-state index contributed by atoms with van der Waals surface area (Å²) in [4.78, 5) is 11.7. The quantitative estimate of drug-likeness (QED) is 0.818. The second-order valence-corrected chi connectivity index (χ2v) is 4.55. The predicted octanol–water partition coefficient (Wildman–Crippen LogP) is 3.77. The first-order chi connectivity index (χ1) is 7.91. The van der Waals surface area contributed by atoms with Crippen LogP contribution in [0.25, 0.3) is 0 Å². The molecule has 0 aliphatic heterocycles. The van der Waals surface area contributed by atoms with Gasteiger partial charge in [0, 0.05) is 11.4 Å². The summed E-state index contributed by atoms with van der Waals surface area (Å²) in [5.41, 5.74) is 3.72. The topological polar surface area (TPSA) is 41.1 Å². The zero-order valence-electron chi connectivity index (χ0n) is 10.9. The smallest absolute Gasteiger partial charge is 0.312 e. The van der Waals surface area contributed by atoms with Gasteiger partial charge in [-0.25, -0.2) is 4.79 Å². The highest BCUT2D eigenvalue weighted by Crippen LogP contribution is 2.27. The summed E-state index contributed by atoms with van der Waals surface area (Å²) in [7, 11) is 0. The van der Waals surface area contributed by atoms with Gasteiger partial charge in [-0.15, -0.1) is 0 Å². The zero-order chi connectivity index (χ0) is 13.0. The van der Waals surface area contributed by atoms with Crippen molar-refractivity contribution in [2.24, 2.45) is 0 Å². The number of urea groups is 1. The van der Waals surface area contributed by atoms with Crippen LogP contribution in [-0.4, -0.2) is 6.03 Å². The van der Waals surface area contributed by atoms with E-state index >= 15 is 0 Å². The second kappa shape index (κ2) is 5.53. The van der Waals surface area contributed by atoms with Crippen molar-refractivity contribution in [3.63, 3.8) is 0 Å². The molecule has 0 saturated carbocycles. The molecule has 2 N–H and O–H groups in total. The van der Waals surface area contributed by atoms with Crippen LogP contribution in [0.1, 0.15) is 37.8 Å². The van der Waals surface area contributed by atoms with Crippen molar-refractivity contribution in [2.45, 2.75) is 33.6 Å². The lowest BCUT2D eigenvalue weighted by Crippen LogP contribution is -2.27. The average Bonchev–Trinajstić information content (AvgIpc) is 2.19. The van der Waals surface area contributed by atoms with Crippen LogP contribution >= 0.6 is 0 Å². The Labute approximate surface area is 103 Å². The maximum absolute atomic E-state index is 11.7. The van der Waals surface area contributed by atoms with Crippen LogP contribution < -0.4 is 10.6 Å². The molecule has 0 unspecified atom stereocenters. The van der Waals surface area contributed by atoms with Crippen molar-refractivity contribution in [3.05, 3.63) is 41.6 Å². The zero-order valence-corrected chi connectivity index (χ0v) is 10.9. The van der Waals surface area contributed by atoms with Crippen LogP contribution in [-0.2, 0) is 0 Å². The number of benzene rings is 1. The summed E-state index contributed by atoms with van der Waals surface area (Å²) in [6, 6.07) is 5.79. The fourth-order valence-electron chi connectivity index (χ4n) is 1.68. The number of rotatable bonds is 3. The van der Waals surface area contributed by atoms with E-state index in [0.717, 1.165) is 16.8 Å². The highest BCUT2D eigenvalue weighted by molar-refractivity contribution is 5.92. The number of aryl methyl sites for hydroxylation is 1. The van der Waals surface area contributed by atoms with Crippen molar-refractivity contribution in [1.29, 1.82) is 0 Å². The van der Waals surface area contributed by atoms with Gasteiger partial charge in [0.05, 0.1) is 0 Å². The number of nitrogens with one attached hydrogen (secondary N) is 2. The van der Waals surface area contributed by atoms with E-state index in [0.29, 0.717) is 11.6 Å². The molecule has 0 radical (unpaired) electrons. The van der Waals surface area contributed by atoms with Crippen LogP contribution in [0.15, 0.2) is 30.5 Å². The van der Waals surface area contributed by atoms with Gasteiger partial charge in [0.25, 0.3) is 0 Å². The molecule has 0 atom stereocenters. The van der Waals surface area contributed by atoms with Crippen LogP contribution in [0.3, 0.4) is 0 Å². The Bertz CT molecular complexity index is 436. The lowest BCUT2D eigenvalue weighted by atomic mass is 9.98. The largest absolute Gasteiger partial charge is 0.323 e. The third kappa shape index (κ3) is 3.63. The first-order valence-electron chi connectivity index (χ1n) is 5.75. The normalized spacial score (nSPS) is 10.2. The van der Waals surface area contributed by atoms with Gasteiger partial charge >= 0.3 is 6.03 Å². The summed E-state index contributed by atoms with van der Waals surface area (Å²) in [6.45, 7) is 11.6. The fourth-order valence-corrected chi connectivity index (χ4v) is 1.68. The number of allylic oxidation sites excluding steroid dienone is 1. The van der Waals surface area contributed by atoms with E-state index in [-0.39, 0.29) is 6.03 Å². The Balaban J connectivity index is 2.96. The van der Waals surface area contributed by atoms with Crippen molar-refractivity contribution < 1.29 is 4.79 Å². The molecule has 0 spiro atoms. The van der Waals surface area contributed by atoms with E-state index in [9.17, 15) is 4.79 Å². The van der Waals surface area contributed by atoms with Gasteiger partial charge in [-0.05, 0) is 30.9 Å². The molecule has 0 aliphatic carbocycles. The van der Waals surface area contributed by atoms with Gasteiger partial charge in [0.15, 0.2) is 0 Å². The number of carbonyl (C=O) groups is 1. The summed E-state index contributed by atoms with van der Waals surface area (Å²) in [6.07, 6.45) is 0. The Hall–Kier alpha value is -1.77. The predicted molar refractivity (Wildman–Crippen MR) is 72.2 cm³/mol. The second-order valence-electron chi connectivity index (χ2n) is 4.55. The minimum absolute atomic E-state index is 0.242.